The molecule has 0 aliphatic heterocycles. The van der Waals surface area contributed by atoms with Gasteiger partial charge in [-0.05, 0) is 19.3 Å². The Morgan fingerprint density at radius 1 is 0.929 bits per heavy atom. The van der Waals surface area contributed by atoms with Crippen molar-refractivity contribution in [2.45, 2.75) is 65.2 Å². The van der Waals surface area contributed by atoms with Crippen molar-refractivity contribution < 1.29 is 4.79 Å². The van der Waals surface area contributed by atoms with Crippen LogP contribution < -0.4 is 0 Å². The van der Waals surface area contributed by atoms with Crippen molar-refractivity contribution in [3.8, 4) is 0 Å². The second-order valence-corrected chi connectivity index (χ2v) is 3.79. The monoisotopic (exact) mass is 196 g/mol. The van der Waals surface area contributed by atoms with E-state index in [9.17, 15) is 4.79 Å². The van der Waals surface area contributed by atoms with Crippen LogP contribution in [0.5, 0.6) is 0 Å². The highest BCUT2D eigenvalue weighted by Gasteiger charge is 1.98. The number of hydrogen-bond donors (Lipinski definition) is 0. The Morgan fingerprint density at radius 3 is 2.21 bits per heavy atom. The van der Waals surface area contributed by atoms with E-state index in [1.807, 2.05) is 0 Å². The van der Waals surface area contributed by atoms with Crippen LogP contribution in [0, 0.1) is 0 Å². The summed E-state index contributed by atoms with van der Waals surface area (Å²) < 4.78 is 0. The van der Waals surface area contributed by atoms with Crippen LogP contribution in [0.3, 0.4) is 0 Å². The summed E-state index contributed by atoms with van der Waals surface area (Å²) >= 11 is 0. The fourth-order valence-corrected chi connectivity index (χ4v) is 1.30. The van der Waals surface area contributed by atoms with Crippen molar-refractivity contribution in [1.82, 2.24) is 0 Å². The minimum atomic E-state index is 0.423. The van der Waals surface area contributed by atoms with Gasteiger partial charge in [-0.15, -0.1) is 0 Å². The van der Waals surface area contributed by atoms with E-state index in [1.165, 1.54) is 19.3 Å². The third-order valence-corrected chi connectivity index (χ3v) is 2.29. The minimum Gasteiger partial charge on any atom is -0.300 e. The molecule has 0 saturated carbocycles. The van der Waals surface area contributed by atoms with Gasteiger partial charge in [0.1, 0.15) is 5.78 Å². The Labute approximate surface area is 88.6 Å². The number of carbonyl (C=O) groups excluding carboxylic acids is 1. The van der Waals surface area contributed by atoms with Crippen molar-refractivity contribution in [3.63, 3.8) is 0 Å². The van der Waals surface area contributed by atoms with Crippen LogP contribution in [-0.4, -0.2) is 5.78 Å². The minimum absolute atomic E-state index is 0.423. The van der Waals surface area contributed by atoms with Crippen molar-refractivity contribution in [2.75, 3.05) is 0 Å². The molecule has 0 aromatic carbocycles. The van der Waals surface area contributed by atoms with Gasteiger partial charge < -0.3 is 0 Å². The maximum Gasteiger partial charge on any atom is 0.133 e. The molecular weight excluding hydrogens is 172 g/mol. The molecule has 0 spiro atoms. The lowest BCUT2D eigenvalue weighted by Crippen LogP contribution is -1.95. The highest BCUT2D eigenvalue weighted by Crippen LogP contribution is 2.03. The summed E-state index contributed by atoms with van der Waals surface area (Å²) in [5.41, 5.74) is 0. The highest BCUT2D eigenvalue weighted by atomic mass is 16.1. The Balaban J connectivity index is 3.25. The van der Waals surface area contributed by atoms with E-state index in [2.05, 4.69) is 26.0 Å². The third kappa shape index (κ3) is 9.50. The summed E-state index contributed by atoms with van der Waals surface area (Å²) in [6.07, 6.45) is 12.7. The molecule has 0 heterocycles. The SMILES string of the molecule is CCCCC=CCCC(=O)CCCC. The van der Waals surface area contributed by atoms with Crippen LogP contribution in [0.1, 0.15) is 65.2 Å². The van der Waals surface area contributed by atoms with E-state index in [-0.39, 0.29) is 0 Å². The topological polar surface area (TPSA) is 17.1 Å². The van der Waals surface area contributed by atoms with Crippen LogP contribution in [0.4, 0.5) is 0 Å². The van der Waals surface area contributed by atoms with Crippen LogP contribution >= 0.6 is 0 Å². The van der Waals surface area contributed by atoms with Crippen molar-refractivity contribution in [3.05, 3.63) is 12.2 Å². The van der Waals surface area contributed by atoms with Crippen LogP contribution in [0.25, 0.3) is 0 Å². The molecule has 0 radical (unpaired) electrons. The predicted octanol–water partition coefficient (Wildman–Crippen LogP) is 4.27. The average molecular weight is 196 g/mol. The molecule has 0 aliphatic rings. The lowest BCUT2D eigenvalue weighted by Gasteiger charge is -1.96. The summed E-state index contributed by atoms with van der Waals surface area (Å²) in [6.45, 7) is 4.32. The van der Waals surface area contributed by atoms with Gasteiger partial charge in [-0.3, -0.25) is 4.79 Å². The first kappa shape index (κ1) is 13.4. The van der Waals surface area contributed by atoms with Gasteiger partial charge in [0.15, 0.2) is 0 Å². The van der Waals surface area contributed by atoms with Gasteiger partial charge in [0.2, 0.25) is 0 Å². The second-order valence-electron chi connectivity index (χ2n) is 3.79. The predicted molar refractivity (Wildman–Crippen MR) is 62.4 cm³/mol. The average Bonchev–Trinajstić information content (AvgIpc) is 2.20. The molecule has 0 rings (SSSR count). The van der Waals surface area contributed by atoms with Gasteiger partial charge in [-0.2, -0.15) is 0 Å². The number of unbranched alkanes of at least 4 members (excludes halogenated alkanes) is 3. The summed E-state index contributed by atoms with van der Waals surface area (Å²) in [6, 6.07) is 0. The Hall–Kier alpha value is -0.590. The van der Waals surface area contributed by atoms with Crippen molar-refractivity contribution in [2.24, 2.45) is 0 Å². The smallest absolute Gasteiger partial charge is 0.133 e. The molecular formula is C13H24O. The van der Waals surface area contributed by atoms with Gasteiger partial charge in [0, 0.05) is 12.8 Å². The number of Topliss-reactive ketones (excluding diaryl/α,β-unsaturated/α-hetero) is 1. The molecule has 0 unspecified atom stereocenters. The third-order valence-electron chi connectivity index (χ3n) is 2.29. The van der Waals surface area contributed by atoms with E-state index in [4.69, 9.17) is 0 Å². The molecule has 14 heavy (non-hydrogen) atoms. The molecule has 0 bridgehead atoms. The quantitative estimate of drug-likeness (QED) is 0.397. The molecule has 0 amide bonds. The standard InChI is InChI=1S/C13H24O/c1-3-5-7-8-9-10-12-13(14)11-6-4-2/h8-9H,3-7,10-12H2,1-2H3. The Bertz CT molecular complexity index is 159. The molecule has 0 atom stereocenters. The Kier molecular flexibility index (Phi) is 10.0. The summed E-state index contributed by atoms with van der Waals surface area (Å²) in [5.74, 6) is 0.423. The Morgan fingerprint density at radius 2 is 1.57 bits per heavy atom. The number of allylic oxidation sites excluding steroid dienone is 2. The number of hydrogen-bond acceptors (Lipinski definition) is 1. The number of ketones is 1. The second kappa shape index (κ2) is 10.5. The van der Waals surface area contributed by atoms with Crippen molar-refractivity contribution >= 4 is 5.78 Å². The molecule has 1 heteroatoms. The van der Waals surface area contributed by atoms with Gasteiger partial charge in [0.05, 0.1) is 0 Å². The lowest BCUT2D eigenvalue weighted by atomic mass is 10.1. The molecule has 1 nitrogen and oxygen atoms in total. The molecule has 0 saturated heterocycles. The summed E-state index contributed by atoms with van der Waals surface area (Å²) in [4.78, 5) is 11.3. The molecule has 0 aliphatic carbocycles. The van der Waals surface area contributed by atoms with E-state index < -0.39 is 0 Å². The van der Waals surface area contributed by atoms with E-state index in [1.54, 1.807) is 0 Å². The lowest BCUT2D eigenvalue weighted by molar-refractivity contribution is -0.119. The molecule has 0 fully saturated rings. The molecule has 0 aromatic heterocycles. The van der Waals surface area contributed by atoms with Crippen molar-refractivity contribution in [1.29, 1.82) is 0 Å². The van der Waals surface area contributed by atoms with E-state index >= 15 is 0 Å². The first-order valence-electron chi connectivity index (χ1n) is 5.98. The number of rotatable bonds is 9. The highest BCUT2D eigenvalue weighted by molar-refractivity contribution is 5.78. The van der Waals surface area contributed by atoms with Gasteiger partial charge in [-0.25, -0.2) is 0 Å². The molecule has 0 aromatic rings. The molecule has 82 valence electrons. The summed E-state index contributed by atoms with van der Waals surface area (Å²) in [7, 11) is 0. The van der Waals surface area contributed by atoms with E-state index in [0.29, 0.717) is 5.78 Å². The maximum absolute atomic E-state index is 11.3. The fraction of sp³-hybridized carbons (Fsp3) is 0.769. The van der Waals surface area contributed by atoms with Crippen LogP contribution in [-0.2, 0) is 4.79 Å². The zero-order valence-electron chi connectivity index (χ0n) is 9.72. The normalized spacial score (nSPS) is 11.0. The zero-order chi connectivity index (χ0) is 10.6. The first-order valence-corrected chi connectivity index (χ1v) is 5.98. The fourth-order valence-electron chi connectivity index (χ4n) is 1.30. The number of carbonyl (C=O) groups is 1. The maximum atomic E-state index is 11.3. The zero-order valence-corrected chi connectivity index (χ0v) is 9.72. The van der Waals surface area contributed by atoms with Crippen LogP contribution in [0.15, 0.2) is 12.2 Å². The van der Waals surface area contributed by atoms with Crippen LogP contribution in [0.2, 0.25) is 0 Å². The van der Waals surface area contributed by atoms with Gasteiger partial charge in [-0.1, -0.05) is 45.3 Å². The first-order chi connectivity index (χ1) is 6.81. The summed E-state index contributed by atoms with van der Waals surface area (Å²) in [5, 5.41) is 0. The van der Waals surface area contributed by atoms with Gasteiger partial charge >= 0.3 is 0 Å². The van der Waals surface area contributed by atoms with Gasteiger partial charge in [0.25, 0.3) is 0 Å². The largest absolute Gasteiger partial charge is 0.300 e. The molecule has 0 N–H and O–H groups in total. The van der Waals surface area contributed by atoms with E-state index in [0.717, 1.165) is 32.1 Å².